The van der Waals surface area contributed by atoms with E-state index in [0.717, 1.165) is 36.3 Å². The third kappa shape index (κ3) is 3.76. The van der Waals surface area contributed by atoms with Gasteiger partial charge < -0.3 is 15.2 Å². The minimum absolute atomic E-state index is 0.274. The van der Waals surface area contributed by atoms with E-state index < -0.39 is 0 Å². The highest BCUT2D eigenvalue weighted by Crippen LogP contribution is 2.37. The Balaban J connectivity index is 1.46. The van der Waals surface area contributed by atoms with Crippen molar-refractivity contribution in [2.24, 2.45) is 12.5 Å². The molecule has 0 fully saturated rings. The van der Waals surface area contributed by atoms with Crippen LogP contribution in [0.3, 0.4) is 0 Å². The number of carbonyl (C=O) groups is 1. The Hall–Kier alpha value is -3.16. The number of pyridine rings is 1. The van der Waals surface area contributed by atoms with Crippen LogP contribution in [-0.2, 0) is 26.4 Å². The van der Waals surface area contributed by atoms with Gasteiger partial charge >= 0.3 is 6.03 Å². The van der Waals surface area contributed by atoms with Crippen LogP contribution in [0.4, 0.5) is 10.5 Å². The molecule has 3 aromatic rings. The molecule has 0 unspecified atom stereocenters. The Morgan fingerprint density at radius 3 is 3.04 bits per heavy atom. The molecule has 0 aromatic carbocycles. The summed E-state index contributed by atoms with van der Waals surface area (Å²) in [6.45, 7) is 4.97. The van der Waals surface area contributed by atoms with Crippen molar-refractivity contribution in [2.45, 2.75) is 39.7 Å². The van der Waals surface area contributed by atoms with Crippen LogP contribution in [0, 0.1) is 5.41 Å². The van der Waals surface area contributed by atoms with Crippen molar-refractivity contribution in [3.05, 3.63) is 47.8 Å². The number of carbonyl (C=O) groups excluding carboxylic acids is 1. The second-order valence-corrected chi connectivity index (χ2v) is 8.10. The molecular weight excluding hydrogens is 354 g/mol. The van der Waals surface area contributed by atoms with Crippen LogP contribution in [0.5, 0.6) is 0 Å². The fourth-order valence-corrected chi connectivity index (χ4v) is 3.60. The van der Waals surface area contributed by atoms with E-state index in [0.29, 0.717) is 17.6 Å². The Bertz CT molecular complexity index is 1000. The minimum atomic E-state index is -0.274. The monoisotopic (exact) mass is 379 g/mol. The van der Waals surface area contributed by atoms with Crippen molar-refractivity contribution in [1.29, 1.82) is 0 Å². The Morgan fingerprint density at radius 2 is 2.25 bits per heavy atom. The molecule has 0 aliphatic heterocycles. The van der Waals surface area contributed by atoms with Crippen molar-refractivity contribution in [3.8, 4) is 11.4 Å². The van der Waals surface area contributed by atoms with Crippen LogP contribution in [0.25, 0.3) is 11.4 Å². The summed E-state index contributed by atoms with van der Waals surface area (Å²) in [6.07, 6.45) is 8.23. The summed E-state index contributed by atoms with van der Waals surface area (Å²) < 4.78 is 1.87. The summed E-state index contributed by atoms with van der Waals surface area (Å²) in [6, 6.07) is 3.36. The summed E-state index contributed by atoms with van der Waals surface area (Å²) in [5.74, 6) is 0. The summed E-state index contributed by atoms with van der Waals surface area (Å²) in [5, 5.41) is 13.4. The predicted molar refractivity (Wildman–Crippen MR) is 107 cm³/mol. The molecule has 3 heterocycles. The molecule has 0 atom stereocenters. The van der Waals surface area contributed by atoms with Gasteiger partial charge in [0.05, 0.1) is 24.3 Å². The lowest BCUT2D eigenvalue weighted by atomic mass is 9.76. The summed E-state index contributed by atoms with van der Waals surface area (Å²) in [5.41, 5.74) is 5.98. The van der Waals surface area contributed by atoms with Crippen LogP contribution in [0.1, 0.15) is 37.2 Å². The Kier molecular flexibility index (Phi) is 4.62. The lowest BCUT2D eigenvalue weighted by molar-refractivity contribution is 0.251. The smallest absolute Gasteiger partial charge is 0.319 e. The van der Waals surface area contributed by atoms with Gasteiger partial charge in [0.2, 0.25) is 0 Å². The SMILES string of the molecule is Cn1cncc1CNC(=O)Nc1ccnc(-c2n[nH]c3c2CCC(C)(C)C3)c1. The summed E-state index contributed by atoms with van der Waals surface area (Å²) in [7, 11) is 1.89. The molecule has 2 amide bonds. The number of hydrogen-bond donors (Lipinski definition) is 3. The highest BCUT2D eigenvalue weighted by atomic mass is 16.2. The number of H-pyrrole nitrogens is 1. The van der Waals surface area contributed by atoms with E-state index in [1.807, 2.05) is 17.7 Å². The first kappa shape index (κ1) is 18.2. The van der Waals surface area contributed by atoms with Crippen molar-refractivity contribution in [1.82, 2.24) is 30.0 Å². The van der Waals surface area contributed by atoms with E-state index in [-0.39, 0.29) is 6.03 Å². The zero-order chi connectivity index (χ0) is 19.7. The van der Waals surface area contributed by atoms with Gasteiger partial charge in [-0.25, -0.2) is 9.78 Å². The van der Waals surface area contributed by atoms with Crippen molar-refractivity contribution < 1.29 is 4.79 Å². The van der Waals surface area contributed by atoms with Crippen LogP contribution < -0.4 is 10.6 Å². The maximum atomic E-state index is 12.2. The van der Waals surface area contributed by atoms with E-state index in [4.69, 9.17) is 0 Å². The van der Waals surface area contributed by atoms with Gasteiger partial charge in [-0.1, -0.05) is 13.8 Å². The lowest BCUT2D eigenvalue weighted by Gasteiger charge is -2.29. The zero-order valence-electron chi connectivity index (χ0n) is 16.4. The Morgan fingerprint density at radius 1 is 1.39 bits per heavy atom. The number of rotatable bonds is 4. The van der Waals surface area contributed by atoms with Gasteiger partial charge in [0.15, 0.2) is 0 Å². The van der Waals surface area contributed by atoms with Crippen LogP contribution in [0.2, 0.25) is 0 Å². The lowest BCUT2D eigenvalue weighted by Crippen LogP contribution is -2.28. The van der Waals surface area contributed by atoms with E-state index in [1.165, 1.54) is 11.3 Å². The molecule has 0 bridgehead atoms. The topological polar surface area (TPSA) is 101 Å². The molecule has 1 aliphatic carbocycles. The number of aromatic amines is 1. The van der Waals surface area contributed by atoms with Gasteiger partial charge in [0, 0.05) is 36.4 Å². The highest BCUT2D eigenvalue weighted by Gasteiger charge is 2.29. The third-order valence-corrected chi connectivity index (χ3v) is 5.27. The zero-order valence-corrected chi connectivity index (χ0v) is 16.4. The normalized spacial score (nSPS) is 15.1. The number of imidazole rings is 1. The van der Waals surface area contributed by atoms with Gasteiger partial charge in [0.1, 0.15) is 5.69 Å². The predicted octanol–water partition coefficient (Wildman–Crippen LogP) is 3.04. The van der Waals surface area contributed by atoms with E-state index >= 15 is 0 Å². The molecule has 8 heteroatoms. The largest absolute Gasteiger partial charge is 0.336 e. The number of amides is 2. The molecule has 28 heavy (non-hydrogen) atoms. The van der Waals surface area contributed by atoms with E-state index in [2.05, 4.69) is 44.6 Å². The summed E-state index contributed by atoms with van der Waals surface area (Å²) in [4.78, 5) is 20.7. The molecule has 1 aliphatic rings. The molecule has 0 spiro atoms. The molecule has 3 N–H and O–H groups in total. The number of aryl methyl sites for hydroxylation is 1. The maximum Gasteiger partial charge on any atom is 0.319 e. The number of urea groups is 1. The number of fused-ring (bicyclic) bond motifs is 1. The third-order valence-electron chi connectivity index (χ3n) is 5.27. The number of hydrogen-bond acceptors (Lipinski definition) is 4. The molecule has 0 saturated carbocycles. The quantitative estimate of drug-likeness (QED) is 0.648. The minimum Gasteiger partial charge on any atom is -0.336 e. The van der Waals surface area contributed by atoms with Crippen LogP contribution in [0.15, 0.2) is 30.9 Å². The molecule has 146 valence electrons. The number of aromatic nitrogens is 5. The van der Waals surface area contributed by atoms with Crippen LogP contribution in [-0.4, -0.2) is 30.8 Å². The van der Waals surface area contributed by atoms with Crippen molar-refractivity contribution >= 4 is 11.7 Å². The van der Waals surface area contributed by atoms with Gasteiger partial charge in [-0.2, -0.15) is 5.10 Å². The van der Waals surface area contributed by atoms with Crippen LogP contribution >= 0.6 is 0 Å². The molecular formula is C20H25N7O. The van der Waals surface area contributed by atoms with Gasteiger partial charge in [-0.15, -0.1) is 0 Å². The van der Waals surface area contributed by atoms with E-state index in [9.17, 15) is 4.79 Å². The first-order chi connectivity index (χ1) is 13.4. The average molecular weight is 379 g/mol. The summed E-state index contributed by atoms with van der Waals surface area (Å²) >= 11 is 0. The number of nitrogens with zero attached hydrogens (tertiary/aromatic N) is 4. The molecule has 4 rings (SSSR count). The molecule has 0 radical (unpaired) electrons. The standard InChI is InChI=1S/C20H25N7O/c1-20(2)6-4-15-17(9-20)25-26-18(15)16-8-13(5-7-22-16)24-19(28)23-11-14-10-21-12-27(14)3/h5,7-8,10,12H,4,6,9,11H2,1-3H3,(H,25,26)(H2,22,23,24,28). The van der Waals surface area contributed by atoms with Gasteiger partial charge in [-0.3, -0.25) is 10.1 Å². The first-order valence-electron chi connectivity index (χ1n) is 9.44. The first-order valence-corrected chi connectivity index (χ1v) is 9.44. The van der Waals surface area contributed by atoms with Gasteiger partial charge in [0.25, 0.3) is 0 Å². The number of nitrogens with one attached hydrogen (secondary N) is 3. The molecule has 8 nitrogen and oxygen atoms in total. The molecule has 3 aromatic heterocycles. The van der Waals surface area contributed by atoms with E-state index in [1.54, 1.807) is 24.8 Å². The maximum absolute atomic E-state index is 12.2. The van der Waals surface area contributed by atoms with Gasteiger partial charge in [-0.05, 0) is 36.8 Å². The second-order valence-electron chi connectivity index (χ2n) is 8.10. The number of anilines is 1. The average Bonchev–Trinajstić information content (AvgIpc) is 3.25. The fraction of sp³-hybridized carbons (Fsp3) is 0.400. The fourth-order valence-electron chi connectivity index (χ4n) is 3.60. The Labute approximate surface area is 163 Å². The second kappa shape index (κ2) is 7.10. The van der Waals surface area contributed by atoms with Crippen molar-refractivity contribution in [3.63, 3.8) is 0 Å². The highest BCUT2D eigenvalue weighted by molar-refractivity contribution is 5.89. The van der Waals surface area contributed by atoms with Crippen molar-refractivity contribution in [2.75, 3.05) is 5.32 Å². The molecule has 0 saturated heterocycles.